The van der Waals surface area contributed by atoms with Crippen LogP contribution in [-0.4, -0.2) is 55.0 Å². The minimum absolute atomic E-state index is 0.156. The minimum Gasteiger partial charge on any atom is -0.349 e. The SMILES string of the molecule is CC.CC(=O)N1CC(C(=O)N(C)C)C(C(F)(F)F)C1. The molecule has 0 N–H and O–H groups in total. The number of carbonyl (C=O) groups is 2. The summed E-state index contributed by atoms with van der Waals surface area (Å²) in [6, 6.07) is 0. The number of carbonyl (C=O) groups excluding carboxylic acids is 2. The lowest BCUT2D eigenvalue weighted by atomic mass is 9.94. The highest BCUT2D eigenvalue weighted by Crippen LogP contribution is 2.38. The Balaban J connectivity index is 0.00000154. The average Bonchev–Trinajstić information content (AvgIpc) is 2.75. The van der Waals surface area contributed by atoms with E-state index < -0.39 is 36.4 Å². The summed E-state index contributed by atoms with van der Waals surface area (Å²) in [7, 11) is 2.82. The second kappa shape index (κ2) is 6.77. The Kier molecular flexibility index (Phi) is 6.32. The van der Waals surface area contributed by atoms with Crippen LogP contribution in [0.15, 0.2) is 0 Å². The molecule has 19 heavy (non-hydrogen) atoms. The molecule has 0 aromatic rings. The number of nitrogens with zero attached hydrogens (tertiary/aromatic N) is 2. The van der Waals surface area contributed by atoms with Crippen molar-refractivity contribution in [2.24, 2.45) is 11.8 Å². The third-order valence-corrected chi connectivity index (χ3v) is 2.94. The summed E-state index contributed by atoms with van der Waals surface area (Å²) in [6.45, 7) is 4.62. The first-order valence-electron chi connectivity index (χ1n) is 6.18. The third-order valence-electron chi connectivity index (χ3n) is 2.94. The Morgan fingerprint density at radius 3 is 1.95 bits per heavy atom. The maximum Gasteiger partial charge on any atom is 0.394 e. The summed E-state index contributed by atoms with van der Waals surface area (Å²) >= 11 is 0. The van der Waals surface area contributed by atoms with E-state index in [1.165, 1.54) is 21.0 Å². The Bertz CT molecular complexity index is 329. The van der Waals surface area contributed by atoms with Crippen LogP contribution in [0.25, 0.3) is 0 Å². The normalized spacial score (nSPS) is 22.6. The van der Waals surface area contributed by atoms with Gasteiger partial charge in [0.1, 0.15) is 0 Å². The molecule has 4 nitrogen and oxygen atoms in total. The number of amides is 2. The molecule has 1 saturated heterocycles. The van der Waals surface area contributed by atoms with Crippen LogP contribution in [0.4, 0.5) is 13.2 Å². The van der Waals surface area contributed by atoms with Crippen molar-refractivity contribution in [1.82, 2.24) is 9.80 Å². The van der Waals surface area contributed by atoms with Gasteiger partial charge in [0.25, 0.3) is 0 Å². The monoisotopic (exact) mass is 282 g/mol. The molecule has 0 aromatic carbocycles. The van der Waals surface area contributed by atoms with E-state index in [2.05, 4.69) is 0 Å². The van der Waals surface area contributed by atoms with Crippen LogP contribution in [0.2, 0.25) is 0 Å². The third kappa shape index (κ3) is 4.40. The number of alkyl halides is 3. The molecule has 0 radical (unpaired) electrons. The molecule has 2 atom stereocenters. The molecule has 0 spiro atoms. The fourth-order valence-corrected chi connectivity index (χ4v) is 1.97. The van der Waals surface area contributed by atoms with Gasteiger partial charge in [-0.05, 0) is 0 Å². The van der Waals surface area contributed by atoms with E-state index in [1.54, 1.807) is 0 Å². The summed E-state index contributed by atoms with van der Waals surface area (Å²) < 4.78 is 38.3. The van der Waals surface area contributed by atoms with Crippen molar-refractivity contribution < 1.29 is 22.8 Å². The van der Waals surface area contributed by atoms with Crippen molar-refractivity contribution in [3.63, 3.8) is 0 Å². The lowest BCUT2D eigenvalue weighted by molar-refractivity contribution is -0.185. The predicted molar refractivity (Wildman–Crippen MR) is 65.3 cm³/mol. The molecule has 1 aliphatic heterocycles. The van der Waals surface area contributed by atoms with E-state index in [0.717, 1.165) is 9.80 Å². The number of rotatable bonds is 1. The Labute approximate surface area is 111 Å². The van der Waals surface area contributed by atoms with Gasteiger partial charge >= 0.3 is 6.18 Å². The van der Waals surface area contributed by atoms with Crippen molar-refractivity contribution in [3.8, 4) is 0 Å². The molecule has 2 unspecified atom stereocenters. The van der Waals surface area contributed by atoms with Crippen molar-refractivity contribution in [1.29, 1.82) is 0 Å². The quantitative estimate of drug-likeness (QED) is 0.735. The van der Waals surface area contributed by atoms with Gasteiger partial charge in [0.05, 0.1) is 11.8 Å². The van der Waals surface area contributed by atoms with Crippen LogP contribution in [0.3, 0.4) is 0 Å². The first kappa shape index (κ1) is 17.7. The van der Waals surface area contributed by atoms with Gasteiger partial charge in [0.2, 0.25) is 11.8 Å². The Hall–Kier alpha value is -1.27. The van der Waals surface area contributed by atoms with Crippen LogP contribution in [0.1, 0.15) is 20.8 Å². The molecular weight excluding hydrogens is 261 g/mol. The number of hydrogen-bond acceptors (Lipinski definition) is 2. The summed E-state index contributed by atoms with van der Waals surface area (Å²) in [5.74, 6) is -3.97. The summed E-state index contributed by atoms with van der Waals surface area (Å²) in [6.07, 6.45) is -4.46. The maximum absolute atomic E-state index is 12.8. The topological polar surface area (TPSA) is 40.6 Å². The molecule has 0 aliphatic carbocycles. The Morgan fingerprint density at radius 2 is 1.63 bits per heavy atom. The van der Waals surface area contributed by atoms with Gasteiger partial charge in [-0.15, -0.1) is 0 Å². The zero-order valence-electron chi connectivity index (χ0n) is 11.9. The molecule has 0 aromatic heterocycles. The van der Waals surface area contributed by atoms with Gasteiger partial charge in [-0.25, -0.2) is 0 Å². The molecule has 7 heteroatoms. The lowest BCUT2D eigenvalue weighted by Crippen LogP contribution is -2.39. The van der Waals surface area contributed by atoms with Gasteiger partial charge in [-0.2, -0.15) is 13.2 Å². The summed E-state index contributed by atoms with van der Waals surface area (Å²) in [5, 5.41) is 0. The smallest absolute Gasteiger partial charge is 0.349 e. The zero-order chi connectivity index (χ0) is 15.4. The molecule has 2 amide bonds. The fraction of sp³-hybridized carbons (Fsp3) is 0.833. The lowest BCUT2D eigenvalue weighted by Gasteiger charge is -2.22. The first-order valence-corrected chi connectivity index (χ1v) is 6.18. The van der Waals surface area contributed by atoms with Gasteiger partial charge in [-0.3, -0.25) is 9.59 Å². The van der Waals surface area contributed by atoms with Crippen LogP contribution in [-0.2, 0) is 9.59 Å². The van der Waals surface area contributed by atoms with Crippen molar-refractivity contribution >= 4 is 11.8 Å². The van der Waals surface area contributed by atoms with Crippen LogP contribution >= 0.6 is 0 Å². The first-order chi connectivity index (χ1) is 8.64. The van der Waals surface area contributed by atoms with Crippen LogP contribution < -0.4 is 0 Å². The molecule has 1 heterocycles. The van der Waals surface area contributed by atoms with E-state index in [1.807, 2.05) is 13.8 Å². The second-order valence-electron chi connectivity index (χ2n) is 4.41. The molecule has 0 saturated carbocycles. The zero-order valence-corrected chi connectivity index (χ0v) is 11.9. The van der Waals surface area contributed by atoms with E-state index in [9.17, 15) is 22.8 Å². The Morgan fingerprint density at radius 1 is 1.16 bits per heavy atom. The molecule has 0 bridgehead atoms. The fourth-order valence-electron chi connectivity index (χ4n) is 1.97. The largest absolute Gasteiger partial charge is 0.394 e. The van der Waals surface area contributed by atoms with Gasteiger partial charge in [0, 0.05) is 34.1 Å². The highest BCUT2D eigenvalue weighted by Gasteiger charge is 2.53. The van der Waals surface area contributed by atoms with Gasteiger partial charge in [0.15, 0.2) is 0 Å². The van der Waals surface area contributed by atoms with E-state index in [-0.39, 0.29) is 6.54 Å². The highest BCUT2D eigenvalue weighted by atomic mass is 19.4. The van der Waals surface area contributed by atoms with Crippen molar-refractivity contribution in [2.75, 3.05) is 27.2 Å². The van der Waals surface area contributed by atoms with Crippen molar-refractivity contribution in [3.05, 3.63) is 0 Å². The molecule has 1 rings (SSSR count). The van der Waals surface area contributed by atoms with E-state index >= 15 is 0 Å². The van der Waals surface area contributed by atoms with Crippen LogP contribution in [0, 0.1) is 11.8 Å². The molecular formula is C12H21F3N2O2. The molecule has 1 fully saturated rings. The van der Waals surface area contributed by atoms with Gasteiger partial charge in [-0.1, -0.05) is 13.8 Å². The van der Waals surface area contributed by atoms with Crippen LogP contribution in [0.5, 0.6) is 0 Å². The number of hydrogen-bond donors (Lipinski definition) is 0. The summed E-state index contributed by atoms with van der Waals surface area (Å²) in [5.41, 5.74) is 0. The number of likely N-dealkylation sites (tertiary alicyclic amines) is 1. The van der Waals surface area contributed by atoms with E-state index in [0.29, 0.717) is 0 Å². The predicted octanol–water partition coefficient (Wildman–Crippen LogP) is 1.76. The average molecular weight is 282 g/mol. The van der Waals surface area contributed by atoms with E-state index in [4.69, 9.17) is 0 Å². The minimum atomic E-state index is -4.46. The van der Waals surface area contributed by atoms with Gasteiger partial charge < -0.3 is 9.80 Å². The maximum atomic E-state index is 12.8. The second-order valence-corrected chi connectivity index (χ2v) is 4.41. The number of halogens is 3. The standard InChI is InChI=1S/C10H15F3N2O2.C2H6/c1-6(16)15-4-7(9(17)14(2)3)8(5-15)10(11,12)13;1-2/h7-8H,4-5H2,1-3H3;1-2H3. The highest BCUT2D eigenvalue weighted by molar-refractivity contribution is 5.81. The summed E-state index contributed by atoms with van der Waals surface area (Å²) in [4.78, 5) is 25.0. The van der Waals surface area contributed by atoms with Crippen molar-refractivity contribution in [2.45, 2.75) is 26.9 Å². The molecule has 1 aliphatic rings. The molecule has 112 valence electrons.